The second kappa shape index (κ2) is 5.50. The van der Waals surface area contributed by atoms with Crippen LogP contribution in [0.1, 0.15) is 46.0 Å². The van der Waals surface area contributed by atoms with Gasteiger partial charge in [0.1, 0.15) is 0 Å². The Morgan fingerprint density at radius 2 is 2.20 bits per heavy atom. The van der Waals surface area contributed by atoms with Crippen molar-refractivity contribution >= 4 is 5.91 Å². The number of carbonyl (C=O) groups excluding carboxylic acids is 1. The predicted octanol–water partition coefficient (Wildman–Crippen LogP) is 1.67. The van der Waals surface area contributed by atoms with Crippen LogP contribution < -0.4 is 11.1 Å². The molecule has 3 heteroatoms. The third-order valence-corrected chi connectivity index (χ3v) is 3.50. The predicted molar refractivity (Wildman–Crippen MR) is 62.4 cm³/mol. The molecule has 3 nitrogen and oxygen atoms in total. The molecule has 0 aromatic carbocycles. The highest BCUT2D eigenvalue weighted by Crippen LogP contribution is 2.42. The van der Waals surface area contributed by atoms with Crippen LogP contribution >= 0.6 is 0 Å². The SMILES string of the molecule is CC1(C)CCCC1C(=O)NCCCCN. The van der Waals surface area contributed by atoms with Crippen molar-refractivity contribution in [1.29, 1.82) is 0 Å². The average Bonchev–Trinajstić information content (AvgIpc) is 2.52. The number of amides is 1. The zero-order valence-electron chi connectivity index (χ0n) is 10.0. The Hall–Kier alpha value is -0.570. The van der Waals surface area contributed by atoms with E-state index in [0.29, 0.717) is 6.54 Å². The van der Waals surface area contributed by atoms with Crippen LogP contribution in [-0.2, 0) is 4.79 Å². The topological polar surface area (TPSA) is 55.1 Å². The fraction of sp³-hybridized carbons (Fsp3) is 0.917. The first-order valence-corrected chi connectivity index (χ1v) is 6.06. The Morgan fingerprint density at radius 3 is 2.73 bits per heavy atom. The summed E-state index contributed by atoms with van der Waals surface area (Å²) in [6, 6.07) is 0. The molecule has 15 heavy (non-hydrogen) atoms. The molecule has 88 valence electrons. The molecule has 1 fully saturated rings. The fourth-order valence-corrected chi connectivity index (χ4v) is 2.42. The van der Waals surface area contributed by atoms with Crippen molar-refractivity contribution in [2.24, 2.45) is 17.1 Å². The van der Waals surface area contributed by atoms with Gasteiger partial charge in [0.25, 0.3) is 0 Å². The lowest BCUT2D eigenvalue weighted by Gasteiger charge is -2.25. The van der Waals surface area contributed by atoms with Crippen LogP contribution in [-0.4, -0.2) is 19.0 Å². The highest BCUT2D eigenvalue weighted by atomic mass is 16.1. The van der Waals surface area contributed by atoms with Gasteiger partial charge in [0.2, 0.25) is 5.91 Å². The molecule has 0 aliphatic heterocycles. The Kier molecular flexibility index (Phi) is 4.58. The van der Waals surface area contributed by atoms with Crippen LogP contribution in [0.15, 0.2) is 0 Å². The maximum atomic E-state index is 11.9. The monoisotopic (exact) mass is 212 g/mol. The molecule has 0 saturated heterocycles. The van der Waals surface area contributed by atoms with Gasteiger partial charge in [0, 0.05) is 12.5 Å². The van der Waals surface area contributed by atoms with Crippen LogP contribution in [0.25, 0.3) is 0 Å². The van der Waals surface area contributed by atoms with Crippen molar-refractivity contribution in [2.45, 2.75) is 46.0 Å². The van der Waals surface area contributed by atoms with Gasteiger partial charge in [-0.2, -0.15) is 0 Å². The van der Waals surface area contributed by atoms with Crippen LogP contribution in [0.5, 0.6) is 0 Å². The molecule has 0 heterocycles. The smallest absolute Gasteiger partial charge is 0.223 e. The molecule has 0 bridgehead atoms. The van der Waals surface area contributed by atoms with Crippen molar-refractivity contribution in [2.75, 3.05) is 13.1 Å². The van der Waals surface area contributed by atoms with Crippen molar-refractivity contribution in [3.8, 4) is 0 Å². The fourth-order valence-electron chi connectivity index (χ4n) is 2.42. The molecule has 1 saturated carbocycles. The Bertz CT molecular complexity index is 214. The second-order valence-electron chi connectivity index (χ2n) is 5.22. The van der Waals surface area contributed by atoms with Gasteiger partial charge in [-0.15, -0.1) is 0 Å². The number of unbranched alkanes of at least 4 members (excludes halogenated alkanes) is 1. The molecule has 1 rings (SSSR count). The van der Waals surface area contributed by atoms with Crippen molar-refractivity contribution in [1.82, 2.24) is 5.32 Å². The van der Waals surface area contributed by atoms with E-state index < -0.39 is 0 Å². The van der Waals surface area contributed by atoms with Gasteiger partial charge in [-0.25, -0.2) is 0 Å². The highest BCUT2D eigenvalue weighted by molar-refractivity contribution is 5.79. The zero-order chi connectivity index (χ0) is 11.3. The molecular weight excluding hydrogens is 188 g/mol. The molecular formula is C12H24N2O. The minimum Gasteiger partial charge on any atom is -0.356 e. The zero-order valence-corrected chi connectivity index (χ0v) is 10.0. The lowest BCUT2D eigenvalue weighted by Crippen LogP contribution is -2.36. The summed E-state index contributed by atoms with van der Waals surface area (Å²) < 4.78 is 0. The molecule has 0 aromatic heterocycles. The molecule has 1 unspecified atom stereocenters. The van der Waals surface area contributed by atoms with Gasteiger partial charge in [0.05, 0.1) is 0 Å². The third kappa shape index (κ3) is 3.49. The van der Waals surface area contributed by atoms with E-state index >= 15 is 0 Å². The van der Waals surface area contributed by atoms with Crippen molar-refractivity contribution < 1.29 is 4.79 Å². The first kappa shape index (κ1) is 12.5. The Balaban J connectivity index is 2.28. The number of hydrogen-bond acceptors (Lipinski definition) is 2. The van der Waals surface area contributed by atoms with E-state index in [1.54, 1.807) is 0 Å². The van der Waals surface area contributed by atoms with Crippen LogP contribution in [0.3, 0.4) is 0 Å². The van der Waals surface area contributed by atoms with Gasteiger partial charge < -0.3 is 11.1 Å². The Labute approximate surface area is 92.8 Å². The molecule has 1 amide bonds. The largest absolute Gasteiger partial charge is 0.356 e. The number of nitrogens with one attached hydrogen (secondary N) is 1. The summed E-state index contributed by atoms with van der Waals surface area (Å²) in [6.07, 6.45) is 5.40. The summed E-state index contributed by atoms with van der Waals surface area (Å²) in [5, 5.41) is 3.02. The van der Waals surface area contributed by atoms with E-state index in [0.717, 1.165) is 25.8 Å². The van der Waals surface area contributed by atoms with E-state index in [1.165, 1.54) is 12.8 Å². The molecule has 3 N–H and O–H groups in total. The standard InChI is InChI=1S/C12H24N2O/c1-12(2)7-5-6-10(12)11(15)14-9-4-3-8-13/h10H,3-9,13H2,1-2H3,(H,14,15). The lowest BCUT2D eigenvalue weighted by molar-refractivity contribution is -0.127. The van der Waals surface area contributed by atoms with Crippen molar-refractivity contribution in [3.63, 3.8) is 0 Å². The van der Waals surface area contributed by atoms with Gasteiger partial charge in [-0.05, 0) is 37.6 Å². The first-order chi connectivity index (χ1) is 7.08. The van der Waals surface area contributed by atoms with Gasteiger partial charge >= 0.3 is 0 Å². The molecule has 0 aromatic rings. The summed E-state index contributed by atoms with van der Waals surface area (Å²) in [7, 11) is 0. The number of carbonyl (C=O) groups is 1. The van der Waals surface area contributed by atoms with Gasteiger partial charge in [-0.3, -0.25) is 4.79 Å². The molecule has 0 spiro atoms. The van der Waals surface area contributed by atoms with Gasteiger partial charge in [-0.1, -0.05) is 20.3 Å². The summed E-state index contributed by atoms with van der Waals surface area (Å²) in [5.41, 5.74) is 5.59. The Morgan fingerprint density at radius 1 is 1.47 bits per heavy atom. The lowest BCUT2D eigenvalue weighted by atomic mass is 9.81. The quantitative estimate of drug-likeness (QED) is 0.681. The summed E-state index contributed by atoms with van der Waals surface area (Å²) in [6.45, 7) is 5.89. The number of hydrogen-bond donors (Lipinski definition) is 2. The molecule has 1 aliphatic rings. The van der Waals surface area contributed by atoms with E-state index in [-0.39, 0.29) is 17.2 Å². The van der Waals surface area contributed by atoms with Crippen molar-refractivity contribution in [3.05, 3.63) is 0 Å². The van der Waals surface area contributed by atoms with E-state index in [4.69, 9.17) is 5.73 Å². The minimum absolute atomic E-state index is 0.192. The van der Waals surface area contributed by atoms with Crippen LogP contribution in [0, 0.1) is 11.3 Å². The van der Waals surface area contributed by atoms with Crippen LogP contribution in [0.2, 0.25) is 0 Å². The first-order valence-electron chi connectivity index (χ1n) is 6.06. The average molecular weight is 212 g/mol. The summed E-state index contributed by atoms with van der Waals surface area (Å²) in [5.74, 6) is 0.463. The van der Waals surface area contributed by atoms with E-state index in [9.17, 15) is 4.79 Å². The summed E-state index contributed by atoms with van der Waals surface area (Å²) in [4.78, 5) is 11.9. The number of rotatable bonds is 5. The second-order valence-corrected chi connectivity index (χ2v) is 5.22. The van der Waals surface area contributed by atoms with E-state index in [1.807, 2.05) is 0 Å². The maximum absolute atomic E-state index is 11.9. The van der Waals surface area contributed by atoms with E-state index in [2.05, 4.69) is 19.2 Å². The normalized spacial score (nSPS) is 24.1. The maximum Gasteiger partial charge on any atom is 0.223 e. The highest BCUT2D eigenvalue weighted by Gasteiger charge is 2.38. The molecule has 0 radical (unpaired) electrons. The minimum atomic E-state index is 0.192. The van der Waals surface area contributed by atoms with Crippen LogP contribution in [0.4, 0.5) is 0 Å². The number of nitrogens with two attached hydrogens (primary N) is 1. The summed E-state index contributed by atoms with van der Waals surface area (Å²) >= 11 is 0. The molecule has 1 atom stereocenters. The third-order valence-electron chi connectivity index (χ3n) is 3.50. The van der Waals surface area contributed by atoms with Gasteiger partial charge in [0.15, 0.2) is 0 Å². The molecule has 1 aliphatic carbocycles.